The fourth-order valence-electron chi connectivity index (χ4n) is 1.94. The maximum atomic E-state index is 12.0. The van der Waals surface area contributed by atoms with Crippen LogP contribution in [-0.2, 0) is 4.79 Å². The highest BCUT2D eigenvalue weighted by molar-refractivity contribution is 5.78. The van der Waals surface area contributed by atoms with Gasteiger partial charge in [0.25, 0.3) is 0 Å². The van der Waals surface area contributed by atoms with Gasteiger partial charge >= 0.3 is 0 Å². The van der Waals surface area contributed by atoms with Crippen LogP contribution in [0.1, 0.15) is 34.6 Å². The second kappa shape index (κ2) is 5.83. The lowest BCUT2D eigenvalue weighted by atomic mass is 10.1. The van der Waals surface area contributed by atoms with Crippen LogP contribution in [0.5, 0.6) is 0 Å². The average molecular weight is 241 g/mol. The number of amides is 1. The van der Waals surface area contributed by atoms with E-state index >= 15 is 0 Å². The highest BCUT2D eigenvalue weighted by Gasteiger charge is 2.22. The van der Waals surface area contributed by atoms with Crippen LogP contribution < -0.4 is 5.32 Å². The molecule has 0 aromatic heterocycles. The van der Waals surface area contributed by atoms with Crippen molar-refractivity contribution in [2.24, 2.45) is 0 Å². The molecule has 4 nitrogen and oxygen atoms in total. The van der Waals surface area contributed by atoms with Crippen LogP contribution in [0, 0.1) is 0 Å². The number of hydrogen-bond acceptors (Lipinski definition) is 3. The minimum atomic E-state index is 0.00934. The Morgan fingerprint density at radius 2 is 1.71 bits per heavy atom. The van der Waals surface area contributed by atoms with Crippen molar-refractivity contribution >= 4 is 5.91 Å². The second-order valence-corrected chi connectivity index (χ2v) is 6.11. The zero-order chi connectivity index (χ0) is 13.1. The minimum absolute atomic E-state index is 0.00934. The molecule has 0 unspecified atom stereocenters. The number of carbonyl (C=O) groups is 1. The molecule has 1 rings (SSSR count). The van der Waals surface area contributed by atoms with Gasteiger partial charge in [0.15, 0.2) is 0 Å². The van der Waals surface area contributed by atoms with Gasteiger partial charge in [-0.3, -0.25) is 9.69 Å². The first kappa shape index (κ1) is 14.5. The third kappa shape index (κ3) is 5.04. The van der Waals surface area contributed by atoms with E-state index in [-0.39, 0.29) is 11.4 Å². The van der Waals surface area contributed by atoms with Gasteiger partial charge in [-0.15, -0.1) is 0 Å². The molecular formula is C13H27N3O. The largest absolute Gasteiger partial charge is 0.339 e. The number of rotatable bonds is 3. The fraction of sp³-hybridized carbons (Fsp3) is 0.923. The molecule has 1 N–H and O–H groups in total. The van der Waals surface area contributed by atoms with Crippen molar-refractivity contribution in [3.05, 3.63) is 0 Å². The molecule has 1 heterocycles. The highest BCUT2D eigenvalue weighted by Crippen LogP contribution is 2.06. The molecule has 0 bridgehead atoms. The summed E-state index contributed by atoms with van der Waals surface area (Å²) in [6.45, 7) is 14.8. The molecule has 1 amide bonds. The van der Waals surface area contributed by atoms with Gasteiger partial charge in [0.1, 0.15) is 0 Å². The van der Waals surface area contributed by atoms with E-state index in [1.807, 2.05) is 4.90 Å². The van der Waals surface area contributed by atoms with E-state index in [1.165, 1.54) is 0 Å². The normalized spacial score (nSPS) is 18.8. The molecule has 17 heavy (non-hydrogen) atoms. The SMILES string of the molecule is CC(C)N1CCN(C(=O)CNC(C)(C)C)CC1. The van der Waals surface area contributed by atoms with Gasteiger partial charge in [0, 0.05) is 37.8 Å². The Bertz CT molecular complexity index is 250. The predicted molar refractivity (Wildman–Crippen MR) is 71.0 cm³/mol. The van der Waals surface area contributed by atoms with Gasteiger partial charge in [-0.05, 0) is 34.6 Å². The number of carbonyl (C=O) groups excluding carboxylic acids is 1. The topological polar surface area (TPSA) is 35.6 Å². The van der Waals surface area contributed by atoms with Crippen LogP contribution >= 0.6 is 0 Å². The Balaban J connectivity index is 2.31. The van der Waals surface area contributed by atoms with Crippen LogP contribution in [0.25, 0.3) is 0 Å². The molecule has 1 aliphatic heterocycles. The Kier molecular flexibility index (Phi) is 4.95. The molecule has 0 aliphatic carbocycles. The zero-order valence-electron chi connectivity index (χ0n) is 11.9. The number of hydrogen-bond donors (Lipinski definition) is 1. The predicted octanol–water partition coefficient (Wildman–Crippen LogP) is 0.927. The minimum Gasteiger partial charge on any atom is -0.339 e. The van der Waals surface area contributed by atoms with E-state index < -0.39 is 0 Å². The van der Waals surface area contributed by atoms with E-state index in [1.54, 1.807) is 0 Å². The van der Waals surface area contributed by atoms with E-state index in [0.29, 0.717) is 12.6 Å². The molecule has 0 spiro atoms. The van der Waals surface area contributed by atoms with Crippen molar-refractivity contribution in [2.75, 3.05) is 32.7 Å². The fourth-order valence-corrected chi connectivity index (χ4v) is 1.94. The van der Waals surface area contributed by atoms with Crippen molar-refractivity contribution in [3.63, 3.8) is 0 Å². The molecule has 1 saturated heterocycles. The summed E-state index contributed by atoms with van der Waals surface area (Å²) in [6.07, 6.45) is 0. The standard InChI is InChI=1S/C13H27N3O/c1-11(2)15-6-8-16(9-7-15)12(17)10-14-13(3,4)5/h11,14H,6-10H2,1-5H3. The Labute approximate surface area is 105 Å². The van der Waals surface area contributed by atoms with Gasteiger partial charge in [-0.25, -0.2) is 0 Å². The summed E-state index contributed by atoms with van der Waals surface area (Å²) in [5.41, 5.74) is 0.00934. The molecule has 4 heteroatoms. The van der Waals surface area contributed by atoms with E-state index in [0.717, 1.165) is 26.2 Å². The molecule has 0 atom stereocenters. The molecular weight excluding hydrogens is 214 g/mol. The Morgan fingerprint density at radius 1 is 1.18 bits per heavy atom. The molecule has 0 aromatic carbocycles. The molecule has 0 radical (unpaired) electrons. The molecule has 1 fully saturated rings. The lowest BCUT2D eigenvalue weighted by Crippen LogP contribution is -2.53. The first-order chi connectivity index (χ1) is 7.79. The molecule has 100 valence electrons. The van der Waals surface area contributed by atoms with Crippen LogP contribution in [0.4, 0.5) is 0 Å². The van der Waals surface area contributed by atoms with Crippen molar-refractivity contribution in [1.29, 1.82) is 0 Å². The zero-order valence-corrected chi connectivity index (χ0v) is 11.9. The smallest absolute Gasteiger partial charge is 0.236 e. The maximum absolute atomic E-state index is 12.0. The summed E-state index contributed by atoms with van der Waals surface area (Å²) in [4.78, 5) is 16.4. The lowest BCUT2D eigenvalue weighted by Gasteiger charge is -2.37. The summed E-state index contributed by atoms with van der Waals surface area (Å²) in [5, 5.41) is 3.25. The van der Waals surface area contributed by atoms with Crippen molar-refractivity contribution < 1.29 is 4.79 Å². The molecule has 1 aliphatic rings. The van der Waals surface area contributed by atoms with Crippen molar-refractivity contribution in [3.8, 4) is 0 Å². The van der Waals surface area contributed by atoms with Crippen LogP contribution in [0.3, 0.4) is 0 Å². The van der Waals surface area contributed by atoms with E-state index in [9.17, 15) is 4.79 Å². The second-order valence-electron chi connectivity index (χ2n) is 6.11. The van der Waals surface area contributed by atoms with Crippen LogP contribution in [0.15, 0.2) is 0 Å². The van der Waals surface area contributed by atoms with Gasteiger partial charge in [-0.1, -0.05) is 0 Å². The summed E-state index contributed by atoms with van der Waals surface area (Å²) < 4.78 is 0. The Hall–Kier alpha value is -0.610. The summed E-state index contributed by atoms with van der Waals surface area (Å²) in [7, 11) is 0. The third-order valence-corrected chi connectivity index (χ3v) is 3.17. The number of nitrogens with zero attached hydrogens (tertiary/aromatic N) is 2. The van der Waals surface area contributed by atoms with Gasteiger partial charge in [0.05, 0.1) is 6.54 Å². The first-order valence-corrected chi connectivity index (χ1v) is 6.56. The van der Waals surface area contributed by atoms with Crippen molar-refractivity contribution in [1.82, 2.24) is 15.1 Å². The van der Waals surface area contributed by atoms with Crippen LogP contribution in [-0.4, -0.2) is 60.0 Å². The maximum Gasteiger partial charge on any atom is 0.236 e. The summed E-state index contributed by atoms with van der Waals surface area (Å²) in [6, 6.07) is 0.583. The lowest BCUT2D eigenvalue weighted by molar-refractivity contribution is -0.132. The van der Waals surface area contributed by atoms with Gasteiger partial charge in [-0.2, -0.15) is 0 Å². The summed E-state index contributed by atoms with van der Waals surface area (Å²) >= 11 is 0. The average Bonchev–Trinajstić information content (AvgIpc) is 2.25. The number of nitrogens with one attached hydrogen (secondary N) is 1. The molecule has 0 saturated carbocycles. The van der Waals surface area contributed by atoms with Gasteiger partial charge in [0.2, 0.25) is 5.91 Å². The Morgan fingerprint density at radius 3 is 2.12 bits per heavy atom. The highest BCUT2D eigenvalue weighted by atomic mass is 16.2. The van der Waals surface area contributed by atoms with Crippen LogP contribution in [0.2, 0.25) is 0 Å². The van der Waals surface area contributed by atoms with E-state index in [2.05, 4.69) is 44.8 Å². The quantitative estimate of drug-likeness (QED) is 0.798. The van der Waals surface area contributed by atoms with E-state index in [4.69, 9.17) is 0 Å². The molecule has 0 aromatic rings. The van der Waals surface area contributed by atoms with Gasteiger partial charge < -0.3 is 10.2 Å². The summed E-state index contributed by atoms with van der Waals surface area (Å²) in [5.74, 6) is 0.225. The number of piperazine rings is 1. The monoisotopic (exact) mass is 241 g/mol. The van der Waals surface area contributed by atoms with Crippen molar-refractivity contribution in [2.45, 2.75) is 46.2 Å². The third-order valence-electron chi connectivity index (χ3n) is 3.17. The first-order valence-electron chi connectivity index (χ1n) is 6.56.